The standard InChI is InChI=1S/C18H22N2O5S/c1-12-4-6-15(8-13(12)2)26(22,23)20-10-14-5-7-16(17(9-14)24-3)25-11-18(19)21/h4-9,20H,10-11H2,1-3H3,(H2,19,21). The van der Waals surface area contributed by atoms with Crippen LogP contribution >= 0.6 is 0 Å². The first kappa shape index (κ1) is 19.7. The van der Waals surface area contributed by atoms with Crippen molar-refractivity contribution in [3.05, 3.63) is 53.1 Å². The molecule has 2 aromatic rings. The van der Waals surface area contributed by atoms with Gasteiger partial charge in [0.25, 0.3) is 5.91 Å². The number of rotatable bonds is 8. The van der Waals surface area contributed by atoms with Gasteiger partial charge >= 0.3 is 0 Å². The smallest absolute Gasteiger partial charge is 0.255 e. The van der Waals surface area contributed by atoms with Crippen LogP contribution in [-0.2, 0) is 21.4 Å². The molecule has 2 aromatic carbocycles. The lowest BCUT2D eigenvalue weighted by Crippen LogP contribution is -2.23. The van der Waals surface area contributed by atoms with Crippen LogP contribution in [0.15, 0.2) is 41.3 Å². The number of carbonyl (C=O) groups excluding carboxylic acids is 1. The maximum Gasteiger partial charge on any atom is 0.255 e. The van der Waals surface area contributed by atoms with Gasteiger partial charge in [-0.3, -0.25) is 4.79 Å². The van der Waals surface area contributed by atoms with E-state index in [0.29, 0.717) is 17.1 Å². The molecular weight excluding hydrogens is 356 g/mol. The van der Waals surface area contributed by atoms with E-state index in [-0.39, 0.29) is 18.0 Å². The molecule has 0 unspecified atom stereocenters. The van der Waals surface area contributed by atoms with E-state index in [9.17, 15) is 13.2 Å². The molecule has 0 fully saturated rings. The van der Waals surface area contributed by atoms with Gasteiger partial charge < -0.3 is 15.2 Å². The van der Waals surface area contributed by atoms with Gasteiger partial charge in [0.15, 0.2) is 18.1 Å². The number of ether oxygens (including phenoxy) is 2. The molecule has 1 amide bonds. The van der Waals surface area contributed by atoms with E-state index in [1.807, 2.05) is 13.8 Å². The van der Waals surface area contributed by atoms with Crippen molar-refractivity contribution in [2.24, 2.45) is 5.73 Å². The number of primary amides is 1. The molecule has 0 heterocycles. The van der Waals surface area contributed by atoms with Crippen molar-refractivity contribution in [3.8, 4) is 11.5 Å². The van der Waals surface area contributed by atoms with Gasteiger partial charge in [-0.2, -0.15) is 0 Å². The van der Waals surface area contributed by atoms with E-state index < -0.39 is 15.9 Å². The van der Waals surface area contributed by atoms with Crippen molar-refractivity contribution in [1.29, 1.82) is 0 Å². The first-order valence-corrected chi connectivity index (χ1v) is 9.36. The molecule has 0 saturated heterocycles. The minimum Gasteiger partial charge on any atom is -0.493 e. The molecule has 140 valence electrons. The van der Waals surface area contributed by atoms with Gasteiger partial charge in [0.05, 0.1) is 12.0 Å². The molecular formula is C18H22N2O5S. The molecule has 0 aliphatic carbocycles. The molecule has 8 heteroatoms. The van der Waals surface area contributed by atoms with Crippen LogP contribution in [0.2, 0.25) is 0 Å². The van der Waals surface area contributed by atoms with Gasteiger partial charge in [-0.1, -0.05) is 12.1 Å². The zero-order valence-electron chi connectivity index (χ0n) is 14.9. The van der Waals surface area contributed by atoms with Crippen molar-refractivity contribution in [2.45, 2.75) is 25.3 Å². The monoisotopic (exact) mass is 378 g/mol. The highest BCUT2D eigenvalue weighted by atomic mass is 32.2. The largest absolute Gasteiger partial charge is 0.493 e. The Morgan fingerprint density at radius 3 is 2.42 bits per heavy atom. The third kappa shape index (κ3) is 4.96. The first-order valence-electron chi connectivity index (χ1n) is 7.88. The van der Waals surface area contributed by atoms with Crippen LogP contribution in [0.3, 0.4) is 0 Å². The predicted octanol–water partition coefficient (Wildman–Crippen LogP) is 1.65. The number of hydrogen-bond acceptors (Lipinski definition) is 5. The summed E-state index contributed by atoms with van der Waals surface area (Å²) in [7, 11) is -2.18. The highest BCUT2D eigenvalue weighted by molar-refractivity contribution is 7.89. The molecule has 0 atom stereocenters. The summed E-state index contributed by atoms with van der Waals surface area (Å²) in [6, 6.07) is 9.91. The summed E-state index contributed by atoms with van der Waals surface area (Å²) in [5.74, 6) is 0.137. The Balaban J connectivity index is 2.12. The molecule has 26 heavy (non-hydrogen) atoms. The number of nitrogens with one attached hydrogen (secondary N) is 1. The Morgan fingerprint density at radius 2 is 1.81 bits per heavy atom. The van der Waals surface area contributed by atoms with E-state index >= 15 is 0 Å². The zero-order chi connectivity index (χ0) is 19.3. The quantitative estimate of drug-likeness (QED) is 0.726. The number of hydrogen-bond donors (Lipinski definition) is 2. The fourth-order valence-corrected chi connectivity index (χ4v) is 3.34. The summed E-state index contributed by atoms with van der Waals surface area (Å²) in [6.07, 6.45) is 0. The molecule has 7 nitrogen and oxygen atoms in total. The van der Waals surface area contributed by atoms with E-state index in [1.165, 1.54) is 7.11 Å². The molecule has 0 aliphatic rings. The molecule has 0 spiro atoms. The average molecular weight is 378 g/mol. The van der Waals surface area contributed by atoms with E-state index in [2.05, 4.69) is 4.72 Å². The molecule has 0 aromatic heterocycles. The van der Waals surface area contributed by atoms with Crippen LogP contribution in [-0.4, -0.2) is 28.0 Å². The summed E-state index contributed by atoms with van der Waals surface area (Å²) in [4.78, 5) is 11.0. The van der Waals surface area contributed by atoms with E-state index in [4.69, 9.17) is 15.2 Å². The van der Waals surface area contributed by atoms with Gasteiger partial charge in [-0.15, -0.1) is 0 Å². The SMILES string of the molecule is COc1cc(CNS(=O)(=O)c2ccc(C)c(C)c2)ccc1OCC(N)=O. The van der Waals surface area contributed by atoms with Crippen molar-refractivity contribution < 1.29 is 22.7 Å². The number of nitrogens with two attached hydrogens (primary N) is 1. The lowest BCUT2D eigenvalue weighted by Gasteiger charge is -2.12. The summed E-state index contributed by atoms with van der Waals surface area (Å²) in [5.41, 5.74) is 7.67. The summed E-state index contributed by atoms with van der Waals surface area (Å²) >= 11 is 0. The second-order valence-corrected chi connectivity index (χ2v) is 7.58. The lowest BCUT2D eigenvalue weighted by atomic mass is 10.1. The summed E-state index contributed by atoms with van der Waals surface area (Å²) in [6.45, 7) is 3.61. The summed E-state index contributed by atoms with van der Waals surface area (Å²) < 4.78 is 37.9. The molecule has 2 rings (SSSR count). The topological polar surface area (TPSA) is 108 Å². The van der Waals surface area contributed by atoms with Crippen LogP contribution in [0.25, 0.3) is 0 Å². The molecule has 0 saturated carbocycles. The highest BCUT2D eigenvalue weighted by Gasteiger charge is 2.15. The number of carbonyl (C=O) groups is 1. The Labute approximate surface area is 153 Å². The highest BCUT2D eigenvalue weighted by Crippen LogP contribution is 2.28. The minimum absolute atomic E-state index is 0.0850. The zero-order valence-corrected chi connectivity index (χ0v) is 15.7. The lowest BCUT2D eigenvalue weighted by molar-refractivity contribution is -0.119. The second-order valence-electron chi connectivity index (χ2n) is 5.81. The average Bonchev–Trinajstić information content (AvgIpc) is 2.60. The number of methoxy groups -OCH3 is 1. The van der Waals surface area contributed by atoms with Crippen LogP contribution in [0.5, 0.6) is 11.5 Å². The van der Waals surface area contributed by atoms with Crippen LogP contribution < -0.4 is 19.9 Å². The number of amides is 1. The number of aryl methyl sites for hydroxylation is 2. The molecule has 0 radical (unpaired) electrons. The fraction of sp³-hybridized carbons (Fsp3) is 0.278. The van der Waals surface area contributed by atoms with Crippen molar-refractivity contribution >= 4 is 15.9 Å². The third-order valence-corrected chi connectivity index (χ3v) is 5.25. The minimum atomic E-state index is -3.63. The normalized spacial score (nSPS) is 11.2. The van der Waals surface area contributed by atoms with Crippen molar-refractivity contribution in [2.75, 3.05) is 13.7 Å². The Hall–Kier alpha value is -2.58. The van der Waals surface area contributed by atoms with Crippen LogP contribution in [0.4, 0.5) is 0 Å². The van der Waals surface area contributed by atoms with Crippen molar-refractivity contribution in [3.63, 3.8) is 0 Å². The Morgan fingerprint density at radius 1 is 1.08 bits per heavy atom. The van der Waals surface area contributed by atoms with E-state index in [1.54, 1.807) is 36.4 Å². The van der Waals surface area contributed by atoms with Gasteiger partial charge in [-0.05, 0) is 54.8 Å². The molecule has 0 bridgehead atoms. The van der Waals surface area contributed by atoms with E-state index in [0.717, 1.165) is 11.1 Å². The first-order chi connectivity index (χ1) is 12.2. The van der Waals surface area contributed by atoms with Gasteiger partial charge in [0.1, 0.15) is 0 Å². The predicted molar refractivity (Wildman–Crippen MR) is 97.6 cm³/mol. The maximum absolute atomic E-state index is 12.4. The molecule has 0 aliphatic heterocycles. The third-order valence-electron chi connectivity index (χ3n) is 3.85. The number of benzene rings is 2. The number of sulfonamides is 1. The van der Waals surface area contributed by atoms with Gasteiger partial charge in [-0.25, -0.2) is 13.1 Å². The van der Waals surface area contributed by atoms with Crippen LogP contribution in [0.1, 0.15) is 16.7 Å². The molecule has 3 N–H and O–H groups in total. The van der Waals surface area contributed by atoms with Crippen LogP contribution in [0, 0.1) is 13.8 Å². The Kier molecular flexibility index (Phi) is 6.23. The van der Waals surface area contributed by atoms with Gasteiger partial charge in [0, 0.05) is 6.54 Å². The second kappa shape index (κ2) is 8.20. The maximum atomic E-state index is 12.4. The van der Waals surface area contributed by atoms with Crippen molar-refractivity contribution in [1.82, 2.24) is 4.72 Å². The fourth-order valence-electron chi connectivity index (χ4n) is 2.23. The Bertz CT molecular complexity index is 910. The summed E-state index contributed by atoms with van der Waals surface area (Å²) in [5, 5.41) is 0. The van der Waals surface area contributed by atoms with Gasteiger partial charge in [0.2, 0.25) is 10.0 Å².